The Bertz CT molecular complexity index is 1140. The third-order valence-electron chi connectivity index (χ3n) is 7.25. The van der Waals surface area contributed by atoms with Crippen LogP contribution in [0.1, 0.15) is 23.5 Å². The van der Waals surface area contributed by atoms with Gasteiger partial charge >= 0.3 is 0 Å². The zero-order valence-electron chi connectivity index (χ0n) is 22.3. The summed E-state index contributed by atoms with van der Waals surface area (Å²) in [5.74, 6) is 2.70. The first-order valence-corrected chi connectivity index (χ1v) is 13.4. The number of nitrogens with zero attached hydrogens (tertiary/aromatic N) is 1. The van der Waals surface area contributed by atoms with Crippen LogP contribution in [-0.2, 0) is 16.1 Å². The maximum Gasteiger partial charge on any atom is 0.142 e. The van der Waals surface area contributed by atoms with Gasteiger partial charge in [0.2, 0.25) is 0 Å². The van der Waals surface area contributed by atoms with Crippen molar-refractivity contribution >= 4 is 5.69 Å². The fourth-order valence-electron chi connectivity index (χ4n) is 5.31. The molecule has 1 N–H and O–H groups in total. The van der Waals surface area contributed by atoms with E-state index in [1.165, 1.54) is 5.56 Å². The molecule has 38 heavy (non-hydrogen) atoms. The second kappa shape index (κ2) is 13.0. The van der Waals surface area contributed by atoms with Gasteiger partial charge in [0.1, 0.15) is 30.0 Å². The number of ether oxygens (including phenoxy) is 5. The predicted octanol–water partition coefficient (Wildman–Crippen LogP) is 4.65. The van der Waals surface area contributed by atoms with Crippen LogP contribution in [0.3, 0.4) is 0 Å². The lowest BCUT2D eigenvalue weighted by Crippen LogP contribution is -2.51. The van der Waals surface area contributed by atoms with Crippen LogP contribution >= 0.6 is 0 Å². The molecule has 2 aliphatic heterocycles. The third kappa shape index (κ3) is 6.41. The molecule has 0 aromatic heterocycles. The highest BCUT2D eigenvalue weighted by Gasteiger charge is 2.37. The summed E-state index contributed by atoms with van der Waals surface area (Å²) in [6.07, 6.45) is 0.852. The number of hydrogen-bond donors (Lipinski definition) is 1. The Morgan fingerprint density at radius 2 is 1.74 bits per heavy atom. The largest absolute Gasteiger partial charge is 0.497 e. The van der Waals surface area contributed by atoms with Crippen molar-refractivity contribution in [2.75, 3.05) is 58.5 Å². The minimum atomic E-state index is -0.0715. The first-order chi connectivity index (χ1) is 18.7. The molecule has 0 radical (unpaired) electrons. The molecule has 0 aliphatic carbocycles. The molecule has 0 amide bonds. The van der Waals surface area contributed by atoms with E-state index in [9.17, 15) is 0 Å². The summed E-state index contributed by atoms with van der Waals surface area (Å²) in [5, 5.41) is 3.53. The van der Waals surface area contributed by atoms with Crippen LogP contribution in [0.2, 0.25) is 0 Å². The van der Waals surface area contributed by atoms with Gasteiger partial charge in [0.05, 0.1) is 32.1 Å². The van der Waals surface area contributed by atoms with Gasteiger partial charge in [-0.05, 0) is 53.9 Å². The number of hydrogen-bond acceptors (Lipinski definition) is 7. The molecule has 0 spiro atoms. The molecule has 0 bridgehead atoms. The zero-order chi connectivity index (χ0) is 26.2. The van der Waals surface area contributed by atoms with E-state index >= 15 is 0 Å². The van der Waals surface area contributed by atoms with E-state index in [0.717, 1.165) is 67.7 Å². The summed E-state index contributed by atoms with van der Waals surface area (Å²) in [5.41, 5.74) is 3.44. The first kappa shape index (κ1) is 26.4. The Morgan fingerprint density at radius 1 is 0.921 bits per heavy atom. The van der Waals surface area contributed by atoms with Crippen LogP contribution in [0.5, 0.6) is 17.2 Å². The normalized spacial score (nSPS) is 20.9. The Balaban J connectivity index is 1.33. The predicted molar refractivity (Wildman–Crippen MR) is 149 cm³/mol. The lowest BCUT2D eigenvalue weighted by molar-refractivity contribution is -0.0259. The Hall–Kier alpha value is -3.26. The van der Waals surface area contributed by atoms with Gasteiger partial charge in [-0.3, -0.25) is 0 Å². The van der Waals surface area contributed by atoms with Gasteiger partial charge in [0.15, 0.2) is 0 Å². The molecule has 5 rings (SSSR count). The standard InChI is InChI=1S/C31H38N2O5/c1-34-17-6-15-33-16-18-36-28-14-9-23(19-27(28)33)22-37-29-20-32-21-30(38-26-7-4-3-5-8-26)31(29)24-10-12-25(35-2)13-11-24/h3-5,7-14,19,29-32H,6,15-18,20-22H2,1-2H3/t29-,30+,31+/m0/s1. The van der Waals surface area contributed by atoms with Crippen molar-refractivity contribution in [3.63, 3.8) is 0 Å². The molecule has 3 atom stereocenters. The van der Waals surface area contributed by atoms with Crippen molar-refractivity contribution in [3.05, 3.63) is 83.9 Å². The fourth-order valence-corrected chi connectivity index (χ4v) is 5.31. The maximum absolute atomic E-state index is 6.63. The smallest absolute Gasteiger partial charge is 0.142 e. The molecule has 7 heteroatoms. The summed E-state index contributed by atoms with van der Waals surface area (Å²) >= 11 is 0. The molecule has 3 aromatic rings. The van der Waals surface area contributed by atoms with E-state index < -0.39 is 0 Å². The Morgan fingerprint density at radius 3 is 2.53 bits per heavy atom. The molecule has 0 saturated carbocycles. The van der Waals surface area contributed by atoms with Crippen LogP contribution in [0.4, 0.5) is 5.69 Å². The second-order valence-corrected chi connectivity index (χ2v) is 9.76. The summed E-state index contributed by atoms with van der Waals surface area (Å²) < 4.78 is 29.7. The van der Waals surface area contributed by atoms with Crippen molar-refractivity contribution in [1.82, 2.24) is 5.32 Å². The fraction of sp³-hybridized carbons (Fsp3) is 0.419. The SMILES string of the molecule is COCCCN1CCOc2ccc(CO[C@H]3CNC[C@@H](Oc4ccccc4)[C@@H]3c3ccc(OC)cc3)cc21. The van der Waals surface area contributed by atoms with Crippen molar-refractivity contribution in [3.8, 4) is 17.2 Å². The molecule has 1 saturated heterocycles. The molecule has 0 unspecified atom stereocenters. The van der Waals surface area contributed by atoms with Gasteiger partial charge < -0.3 is 33.9 Å². The molecular weight excluding hydrogens is 480 g/mol. The van der Waals surface area contributed by atoms with Crippen molar-refractivity contribution in [1.29, 1.82) is 0 Å². The number of benzene rings is 3. The van der Waals surface area contributed by atoms with Crippen LogP contribution in [-0.4, -0.2) is 65.8 Å². The van der Waals surface area contributed by atoms with Crippen molar-refractivity contribution < 1.29 is 23.7 Å². The molecule has 7 nitrogen and oxygen atoms in total. The average Bonchev–Trinajstić information content (AvgIpc) is 2.97. The molecule has 3 aromatic carbocycles. The Labute approximate surface area is 225 Å². The number of rotatable bonds is 11. The molecular formula is C31H38N2O5. The minimum Gasteiger partial charge on any atom is -0.497 e. The lowest BCUT2D eigenvalue weighted by atomic mass is 9.85. The quantitative estimate of drug-likeness (QED) is 0.371. The van der Waals surface area contributed by atoms with Gasteiger partial charge in [-0.25, -0.2) is 0 Å². The van der Waals surface area contributed by atoms with Gasteiger partial charge in [-0.2, -0.15) is 0 Å². The van der Waals surface area contributed by atoms with Gasteiger partial charge in [-0.1, -0.05) is 36.4 Å². The second-order valence-electron chi connectivity index (χ2n) is 9.76. The third-order valence-corrected chi connectivity index (χ3v) is 7.25. The highest BCUT2D eigenvalue weighted by Crippen LogP contribution is 2.35. The number of methoxy groups -OCH3 is 2. The number of para-hydroxylation sites is 1. The van der Waals surface area contributed by atoms with Crippen molar-refractivity contribution in [2.45, 2.75) is 31.2 Å². The number of piperidine rings is 1. The summed E-state index contributed by atoms with van der Waals surface area (Å²) in [4.78, 5) is 2.38. The van der Waals surface area contributed by atoms with E-state index in [1.54, 1.807) is 14.2 Å². The molecule has 2 heterocycles. The van der Waals surface area contributed by atoms with Gasteiger partial charge in [-0.15, -0.1) is 0 Å². The number of fused-ring (bicyclic) bond motifs is 1. The number of anilines is 1. The highest BCUT2D eigenvalue weighted by molar-refractivity contribution is 5.61. The van der Waals surface area contributed by atoms with Crippen molar-refractivity contribution in [2.24, 2.45) is 0 Å². The lowest BCUT2D eigenvalue weighted by Gasteiger charge is -2.39. The van der Waals surface area contributed by atoms with Crippen LogP contribution in [0.25, 0.3) is 0 Å². The minimum absolute atomic E-state index is 0.0593. The Kier molecular flexibility index (Phi) is 9.02. The van der Waals surface area contributed by atoms with Crippen LogP contribution in [0, 0.1) is 0 Å². The van der Waals surface area contributed by atoms with Crippen LogP contribution < -0.4 is 24.4 Å². The van der Waals surface area contributed by atoms with Gasteiger partial charge in [0, 0.05) is 39.3 Å². The van der Waals surface area contributed by atoms with E-state index in [4.69, 9.17) is 23.7 Å². The average molecular weight is 519 g/mol. The van der Waals surface area contributed by atoms with E-state index in [1.807, 2.05) is 42.5 Å². The van der Waals surface area contributed by atoms with E-state index in [2.05, 4.69) is 40.5 Å². The van der Waals surface area contributed by atoms with E-state index in [0.29, 0.717) is 13.2 Å². The molecule has 1 fully saturated rings. The zero-order valence-corrected chi connectivity index (χ0v) is 22.3. The van der Waals surface area contributed by atoms with E-state index in [-0.39, 0.29) is 18.1 Å². The molecule has 2 aliphatic rings. The number of nitrogens with one attached hydrogen (secondary N) is 1. The van der Waals surface area contributed by atoms with Gasteiger partial charge in [0.25, 0.3) is 0 Å². The summed E-state index contributed by atoms with van der Waals surface area (Å²) in [6.45, 7) is 5.29. The first-order valence-electron chi connectivity index (χ1n) is 13.4. The maximum atomic E-state index is 6.63. The molecule has 202 valence electrons. The topological polar surface area (TPSA) is 61.4 Å². The highest BCUT2D eigenvalue weighted by atomic mass is 16.5. The van der Waals surface area contributed by atoms with Crippen LogP contribution in [0.15, 0.2) is 72.8 Å². The summed E-state index contributed by atoms with van der Waals surface area (Å²) in [6, 6.07) is 24.7. The monoisotopic (exact) mass is 518 g/mol. The summed E-state index contributed by atoms with van der Waals surface area (Å²) in [7, 11) is 3.44.